The molecule has 0 spiro atoms. The van der Waals surface area contributed by atoms with Crippen LogP contribution in [0.15, 0.2) is 72.3 Å². The first-order valence-corrected chi connectivity index (χ1v) is 7.06. The molecule has 0 saturated heterocycles. The molecule has 2 aliphatic rings. The van der Waals surface area contributed by atoms with E-state index in [9.17, 15) is 0 Å². The normalized spacial score (nSPS) is 17.1. The number of hydrogen-bond acceptors (Lipinski definition) is 0. The zero-order valence-electron chi connectivity index (χ0n) is 12.5. The van der Waals surface area contributed by atoms with Crippen LogP contribution in [-0.2, 0) is 21.7 Å². The van der Waals surface area contributed by atoms with Gasteiger partial charge in [-0.1, -0.05) is 48.1 Å². The van der Waals surface area contributed by atoms with Gasteiger partial charge in [0, 0.05) is 27.6 Å². The van der Waals surface area contributed by atoms with Crippen LogP contribution in [-0.4, -0.2) is 0 Å². The van der Waals surface area contributed by atoms with Crippen molar-refractivity contribution < 1.29 is 21.7 Å². The second-order valence-corrected chi connectivity index (χ2v) is 5.35. The monoisotopic (exact) mass is 375 g/mol. The van der Waals surface area contributed by atoms with E-state index in [2.05, 4.69) is 66.8 Å². The molecule has 0 heterocycles. The number of hydrogen-bond donors (Lipinski definition) is 0. The molecule has 0 fully saturated rings. The molecule has 1 unspecified atom stereocenters. The molecule has 0 nitrogen and oxygen atoms in total. The molecule has 2 aliphatic carbocycles. The van der Waals surface area contributed by atoms with Gasteiger partial charge in [0.05, 0.1) is 0 Å². The molecule has 116 valence electrons. The summed E-state index contributed by atoms with van der Waals surface area (Å²) in [5, 5.41) is 0. The minimum Gasteiger partial charge on any atom is -0.147 e. The average molecular weight is 376 g/mol. The summed E-state index contributed by atoms with van der Waals surface area (Å²) >= 11 is 0. The zero-order chi connectivity index (χ0) is 13.4. The number of halogens is 2. The zero-order valence-corrected chi connectivity index (χ0v) is 15.7. The van der Waals surface area contributed by atoms with Crippen LogP contribution < -0.4 is 0 Å². The van der Waals surface area contributed by atoms with Crippen molar-refractivity contribution in [3.05, 3.63) is 95.1 Å². The molecule has 0 saturated carbocycles. The first-order valence-electron chi connectivity index (χ1n) is 7.06. The summed E-state index contributed by atoms with van der Waals surface area (Å²) in [6.07, 6.45) is 10.1. The molecular weight excluding hydrogens is 359 g/mol. The van der Waals surface area contributed by atoms with Gasteiger partial charge in [-0.2, -0.15) is 0 Å². The fourth-order valence-electron chi connectivity index (χ4n) is 3.11. The van der Waals surface area contributed by atoms with E-state index in [1.807, 2.05) is 12.1 Å². The van der Waals surface area contributed by atoms with Gasteiger partial charge in [0.25, 0.3) is 0 Å². The summed E-state index contributed by atoms with van der Waals surface area (Å²) in [5.41, 5.74) is 6.87. The topological polar surface area (TPSA) is 0 Å². The molecule has 0 N–H and O–H groups in total. The van der Waals surface area contributed by atoms with Crippen LogP contribution in [0.25, 0.3) is 11.6 Å². The van der Waals surface area contributed by atoms with Crippen molar-refractivity contribution in [1.82, 2.24) is 0 Å². The summed E-state index contributed by atoms with van der Waals surface area (Å²) in [7, 11) is 0. The third-order valence-corrected chi connectivity index (χ3v) is 4.15. The van der Waals surface area contributed by atoms with Crippen molar-refractivity contribution in [2.75, 3.05) is 0 Å². The fraction of sp³-hybridized carbons (Fsp3) is 0.100. The van der Waals surface area contributed by atoms with E-state index in [-0.39, 0.29) is 46.5 Å². The van der Waals surface area contributed by atoms with Crippen molar-refractivity contribution in [3.63, 3.8) is 0 Å². The predicted octanol–water partition coefficient (Wildman–Crippen LogP) is 5.85. The SMILES string of the molecule is Cl.Cl.[Ti].[c-]1ccccc1C1=CC=C(C2C=Cc3ccccc32)C1. The van der Waals surface area contributed by atoms with E-state index in [0.29, 0.717) is 5.92 Å². The van der Waals surface area contributed by atoms with Crippen molar-refractivity contribution in [3.8, 4) is 0 Å². The van der Waals surface area contributed by atoms with Gasteiger partial charge in [0.2, 0.25) is 0 Å². The van der Waals surface area contributed by atoms with E-state index in [1.165, 1.54) is 27.8 Å². The Hall–Kier alpha value is -1.05. The smallest absolute Gasteiger partial charge is 0.0235 e. The minimum absolute atomic E-state index is 0. The first kappa shape index (κ1) is 20.0. The van der Waals surface area contributed by atoms with Gasteiger partial charge in [-0.15, -0.1) is 72.4 Å². The molecular formula is C20H17Cl2Ti-. The van der Waals surface area contributed by atoms with E-state index in [4.69, 9.17) is 0 Å². The van der Waals surface area contributed by atoms with Crippen molar-refractivity contribution >= 4 is 36.5 Å². The Labute approximate surface area is 165 Å². The van der Waals surface area contributed by atoms with E-state index in [0.717, 1.165) is 6.42 Å². The summed E-state index contributed by atoms with van der Waals surface area (Å²) in [6, 6.07) is 20.2. The first-order chi connectivity index (χ1) is 9.92. The number of allylic oxidation sites excluding steroid dienone is 5. The molecule has 3 heteroatoms. The van der Waals surface area contributed by atoms with Gasteiger partial charge in [0.15, 0.2) is 0 Å². The Morgan fingerprint density at radius 1 is 0.913 bits per heavy atom. The quantitative estimate of drug-likeness (QED) is 0.456. The second-order valence-electron chi connectivity index (χ2n) is 5.35. The van der Waals surface area contributed by atoms with Gasteiger partial charge >= 0.3 is 0 Å². The molecule has 0 aliphatic heterocycles. The largest absolute Gasteiger partial charge is 0.147 e. The van der Waals surface area contributed by atoms with Crippen LogP contribution in [0.2, 0.25) is 0 Å². The fourth-order valence-corrected chi connectivity index (χ4v) is 3.11. The molecule has 1 atom stereocenters. The Morgan fingerprint density at radius 2 is 1.70 bits per heavy atom. The number of fused-ring (bicyclic) bond motifs is 1. The molecule has 2 aromatic carbocycles. The van der Waals surface area contributed by atoms with Gasteiger partial charge in [-0.05, 0) is 17.5 Å². The summed E-state index contributed by atoms with van der Waals surface area (Å²) in [5.74, 6) is 0.448. The van der Waals surface area contributed by atoms with Crippen LogP contribution in [0, 0.1) is 6.07 Å². The maximum atomic E-state index is 3.32. The van der Waals surface area contributed by atoms with Gasteiger partial charge < -0.3 is 0 Å². The molecule has 0 radical (unpaired) electrons. The standard InChI is InChI=1S/C20H15.2ClH.Ti/c1-2-6-15(7-3-1)17-10-11-18(14-17)20-13-12-16-8-4-5-9-19(16)20;;;/h1-6,8-13,20H,14H2;2*1H;/q-1;;;. The van der Waals surface area contributed by atoms with Crippen molar-refractivity contribution in [1.29, 1.82) is 0 Å². The van der Waals surface area contributed by atoms with Crippen molar-refractivity contribution in [2.24, 2.45) is 0 Å². The molecule has 0 aromatic heterocycles. The summed E-state index contributed by atoms with van der Waals surface area (Å²) < 4.78 is 0. The second kappa shape index (κ2) is 8.71. The van der Waals surface area contributed by atoms with Crippen LogP contribution in [0.5, 0.6) is 0 Å². The van der Waals surface area contributed by atoms with Crippen molar-refractivity contribution in [2.45, 2.75) is 12.3 Å². The Bertz CT molecular complexity index is 745. The third-order valence-electron chi connectivity index (χ3n) is 4.15. The van der Waals surface area contributed by atoms with E-state index in [1.54, 1.807) is 0 Å². The van der Waals surface area contributed by atoms with Crippen LogP contribution in [0.4, 0.5) is 0 Å². The van der Waals surface area contributed by atoms with Crippen LogP contribution in [0.1, 0.15) is 29.0 Å². The van der Waals surface area contributed by atoms with Gasteiger partial charge in [0.1, 0.15) is 0 Å². The number of benzene rings is 2. The maximum Gasteiger partial charge on any atom is 0.0235 e. The average Bonchev–Trinajstić information content (AvgIpc) is 3.14. The summed E-state index contributed by atoms with van der Waals surface area (Å²) in [6.45, 7) is 0. The molecule has 2 aromatic rings. The Morgan fingerprint density at radius 3 is 2.48 bits per heavy atom. The molecule has 0 bridgehead atoms. The summed E-state index contributed by atoms with van der Waals surface area (Å²) in [4.78, 5) is 0. The number of rotatable bonds is 2. The molecule has 23 heavy (non-hydrogen) atoms. The van der Waals surface area contributed by atoms with Gasteiger partial charge in [-0.3, -0.25) is 0 Å². The minimum atomic E-state index is 0. The van der Waals surface area contributed by atoms with E-state index < -0.39 is 0 Å². The van der Waals surface area contributed by atoms with Crippen LogP contribution >= 0.6 is 24.8 Å². The molecule has 4 rings (SSSR count). The third kappa shape index (κ3) is 3.90. The Balaban J connectivity index is 0.000000882. The maximum absolute atomic E-state index is 3.32. The predicted molar refractivity (Wildman–Crippen MR) is 98.7 cm³/mol. The molecule has 0 amide bonds. The van der Waals surface area contributed by atoms with Gasteiger partial charge in [-0.25, -0.2) is 0 Å². The van der Waals surface area contributed by atoms with Crippen LogP contribution in [0.3, 0.4) is 0 Å². The van der Waals surface area contributed by atoms with E-state index >= 15 is 0 Å². The Kier molecular flexibility index (Phi) is 7.57.